The summed E-state index contributed by atoms with van der Waals surface area (Å²) in [4.78, 5) is 6.72. The zero-order chi connectivity index (χ0) is 19.9. The van der Waals surface area contributed by atoms with Crippen LogP contribution in [0.25, 0.3) is 0 Å². The molecule has 1 aliphatic heterocycles. The van der Waals surface area contributed by atoms with Crippen molar-refractivity contribution in [2.24, 2.45) is 4.99 Å². The van der Waals surface area contributed by atoms with Crippen LogP contribution in [0.2, 0.25) is 0 Å². The third-order valence-corrected chi connectivity index (χ3v) is 6.26. The van der Waals surface area contributed by atoms with Crippen molar-refractivity contribution in [3.05, 3.63) is 29.6 Å². The Hall–Kier alpha value is -0.740. The minimum atomic E-state index is -0.297. The Kier molecular flexibility index (Phi) is 10.9. The molecule has 2 rings (SSSR count). The van der Waals surface area contributed by atoms with E-state index < -0.39 is 0 Å². The Morgan fingerprint density at radius 3 is 2.57 bits per heavy atom. The van der Waals surface area contributed by atoms with E-state index in [-0.39, 0.29) is 34.5 Å². The molecule has 0 radical (unpaired) electrons. The lowest BCUT2D eigenvalue weighted by atomic mass is 10.0. The fourth-order valence-electron chi connectivity index (χ4n) is 3.06. The van der Waals surface area contributed by atoms with Crippen LogP contribution in [0, 0.1) is 5.82 Å². The van der Waals surface area contributed by atoms with E-state index in [2.05, 4.69) is 40.6 Å². The van der Waals surface area contributed by atoms with Crippen molar-refractivity contribution in [2.75, 3.05) is 40.0 Å². The Morgan fingerprint density at radius 2 is 2.04 bits per heavy atom. The molecule has 28 heavy (non-hydrogen) atoms. The number of nitrogens with zero attached hydrogens (tertiary/aromatic N) is 2. The number of hydrogen-bond acceptors (Lipinski definition) is 4. The van der Waals surface area contributed by atoms with E-state index in [0.29, 0.717) is 11.8 Å². The van der Waals surface area contributed by atoms with Crippen LogP contribution in [-0.4, -0.2) is 61.7 Å². The molecule has 5 nitrogen and oxygen atoms in total. The highest BCUT2D eigenvalue weighted by Crippen LogP contribution is 2.21. The van der Waals surface area contributed by atoms with E-state index in [1.54, 1.807) is 12.1 Å². The van der Waals surface area contributed by atoms with Gasteiger partial charge in [0, 0.05) is 44.0 Å². The minimum Gasteiger partial charge on any atom is -0.494 e. The second-order valence-corrected chi connectivity index (χ2v) is 9.07. The molecule has 0 amide bonds. The summed E-state index contributed by atoms with van der Waals surface area (Å²) >= 11 is 1.84. The first-order valence-electron chi connectivity index (χ1n) is 9.44. The number of nitrogens with one attached hydrogen (secondary N) is 2. The van der Waals surface area contributed by atoms with Crippen LogP contribution in [-0.2, 0) is 6.54 Å². The lowest BCUT2D eigenvalue weighted by molar-refractivity contribution is 0.198. The molecule has 1 aliphatic rings. The first-order chi connectivity index (χ1) is 12.9. The topological polar surface area (TPSA) is 48.9 Å². The maximum Gasteiger partial charge on any atom is 0.191 e. The van der Waals surface area contributed by atoms with E-state index >= 15 is 0 Å². The largest absolute Gasteiger partial charge is 0.494 e. The van der Waals surface area contributed by atoms with Crippen molar-refractivity contribution < 1.29 is 9.13 Å². The summed E-state index contributed by atoms with van der Waals surface area (Å²) in [5.41, 5.74) is 0.983. The van der Waals surface area contributed by atoms with Crippen molar-refractivity contribution in [2.45, 2.75) is 44.0 Å². The van der Waals surface area contributed by atoms with Gasteiger partial charge in [-0.25, -0.2) is 4.39 Å². The van der Waals surface area contributed by atoms with Crippen molar-refractivity contribution in [3.8, 4) is 5.75 Å². The average molecular weight is 524 g/mol. The predicted molar refractivity (Wildman–Crippen MR) is 129 cm³/mol. The van der Waals surface area contributed by atoms with Gasteiger partial charge in [0.1, 0.15) is 0 Å². The van der Waals surface area contributed by atoms with Gasteiger partial charge < -0.3 is 15.4 Å². The summed E-state index contributed by atoms with van der Waals surface area (Å²) in [6.45, 7) is 8.05. The highest BCUT2D eigenvalue weighted by molar-refractivity contribution is 14.0. The monoisotopic (exact) mass is 524 g/mol. The van der Waals surface area contributed by atoms with E-state index in [1.165, 1.54) is 7.11 Å². The van der Waals surface area contributed by atoms with Crippen molar-refractivity contribution >= 4 is 41.7 Å². The third-order valence-electron chi connectivity index (χ3n) is 5.01. The van der Waals surface area contributed by atoms with E-state index in [1.807, 2.05) is 24.9 Å². The molecule has 2 N–H and O–H groups in total. The molecular formula is C20H34FIN4OS. The molecule has 1 heterocycles. The van der Waals surface area contributed by atoms with Gasteiger partial charge in [0.2, 0.25) is 0 Å². The quantitative estimate of drug-likeness (QED) is 0.324. The second kappa shape index (κ2) is 12.1. The SMILES string of the molecule is CN=C(NCC(C)(C)SC)NC1CCN(Cc2ccc(OC)c(F)c2)CC1.I. The lowest BCUT2D eigenvalue weighted by Crippen LogP contribution is -2.50. The summed E-state index contributed by atoms with van der Waals surface area (Å²) in [5, 5.41) is 6.96. The molecule has 0 spiro atoms. The number of halogens is 2. The summed E-state index contributed by atoms with van der Waals surface area (Å²) in [6.07, 6.45) is 4.22. The number of thioether (sulfide) groups is 1. The van der Waals surface area contributed by atoms with Crippen LogP contribution < -0.4 is 15.4 Å². The Balaban J connectivity index is 0.00000392. The van der Waals surface area contributed by atoms with Crippen molar-refractivity contribution in [1.29, 1.82) is 0 Å². The molecule has 0 bridgehead atoms. The van der Waals surface area contributed by atoms with Crippen LogP contribution in [0.1, 0.15) is 32.3 Å². The standard InChI is InChI=1S/C20H33FN4OS.HI/c1-20(2,27-5)14-23-19(22-3)24-16-8-10-25(11-9-16)13-15-6-7-18(26-4)17(21)12-15;/h6-7,12,16H,8-11,13-14H2,1-5H3,(H2,22,23,24);1H. The smallest absolute Gasteiger partial charge is 0.191 e. The van der Waals surface area contributed by atoms with Crippen LogP contribution in [0.4, 0.5) is 4.39 Å². The molecular weight excluding hydrogens is 490 g/mol. The number of hydrogen-bond donors (Lipinski definition) is 2. The van der Waals surface area contributed by atoms with Gasteiger partial charge in [-0.1, -0.05) is 6.07 Å². The zero-order valence-corrected chi connectivity index (χ0v) is 20.7. The number of guanidine groups is 1. The fourth-order valence-corrected chi connectivity index (χ4v) is 3.28. The predicted octanol–water partition coefficient (Wildman–Crippen LogP) is 3.72. The van der Waals surface area contributed by atoms with Crippen LogP contribution in [0.15, 0.2) is 23.2 Å². The highest BCUT2D eigenvalue weighted by atomic mass is 127. The first-order valence-corrected chi connectivity index (χ1v) is 10.7. The number of methoxy groups -OCH3 is 1. The Bertz CT molecular complexity index is 637. The van der Waals surface area contributed by atoms with Gasteiger partial charge in [-0.05, 0) is 50.6 Å². The van der Waals surface area contributed by atoms with Gasteiger partial charge in [-0.15, -0.1) is 24.0 Å². The van der Waals surface area contributed by atoms with Crippen LogP contribution in [0.3, 0.4) is 0 Å². The van der Waals surface area contributed by atoms with Crippen molar-refractivity contribution in [1.82, 2.24) is 15.5 Å². The number of benzene rings is 1. The number of rotatable bonds is 7. The molecule has 0 unspecified atom stereocenters. The lowest BCUT2D eigenvalue weighted by Gasteiger charge is -2.33. The summed E-state index contributed by atoms with van der Waals surface area (Å²) in [7, 11) is 3.30. The maximum atomic E-state index is 13.9. The summed E-state index contributed by atoms with van der Waals surface area (Å²) in [5.74, 6) is 0.868. The molecule has 1 fully saturated rings. The van der Waals surface area contributed by atoms with Gasteiger partial charge >= 0.3 is 0 Å². The number of aliphatic imine (C=N–C) groups is 1. The Morgan fingerprint density at radius 1 is 1.36 bits per heavy atom. The molecule has 1 aromatic rings. The van der Waals surface area contributed by atoms with Crippen molar-refractivity contribution in [3.63, 3.8) is 0 Å². The molecule has 1 aromatic carbocycles. The third kappa shape index (κ3) is 7.94. The molecule has 0 aromatic heterocycles. The number of piperidine rings is 1. The van der Waals surface area contributed by atoms with Gasteiger partial charge in [0.05, 0.1) is 7.11 Å². The number of ether oxygens (including phenoxy) is 1. The number of likely N-dealkylation sites (tertiary alicyclic amines) is 1. The highest BCUT2D eigenvalue weighted by Gasteiger charge is 2.21. The van der Waals surface area contributed by atoms with E-state index in [4.69, 9.17) is 4.74 Å². The first kappa shape index (κ1) is 25.3. The van der Waals surface area contributed by atoms with Gasteiger partial charge in [0.25, 0.3) is 0 Å². The Labute approximate surface area is 190 Å². The maximum absolute atomic E-state index is 13.9. The summed E-state index contributed by atoms with van der Waals surface area (Å²) in [6, 6.07) is 5.62. The van der Waals surface area contributed by atoms with Gasteiger partial charge in [-0.3, -0.25) is 9.89 Å². The van der Waals surface area contributed by atoms with Gasteiger partial charge in [0.15, 0.2) is 17.5 Å². The zero-order valence-electron chi connectivity index (χ0n) is 17.5. The van der Waals surface area contributed by atoms with E-state index in [9.17, 15) is 4.39 Å². The molecule has 8 heteroatoms. The molecule has 0 aliphatic carbocycles. The molecule has 0 atom stereocenters. The molecule has 160 valence electrons. The van der Waals surface area contributed by atoms with Crippen LogP contribution in [0.5, 0.6) is 5.75 Å². The summed E-state index contributed by atoms with van der Waals surface area (Å²) < 4.78 is 19.0. The molecule has 0 saturated carbocycles. The minimum absolute atomic E-state index is 0. The fraction of sp³-hybridized carbons (Fsp3) is 0.650. The van der Waals surface area contributed by atoms with Crippen LogP contribution >= 0.6 is 35.7 Å². The average Bonchev–Trinajstić information content (AvgIpc) is 2.66. The molecule has 1 saturated heterocycles. The van der Waals surface area contributed by atoms with E-state index in [0.717, 1.165) is 50.5 Å². The normalized spacial score (nSPS) is 16.4. The van der Waals surface area contributed by atoms with Gasteiger partial charge in [-0.2, -0.15) is 11.8 Å². The second-order valence-electron chi connectivity index (χ2n) is 7.55.